The Hall–Kier alpha value is -3.96. The standard InChI is InChI=1S/C26H16Cl2N2O7S/c27-17-5-1-14(2-6-17)22-20-21(24(31)29-22)23(15-3-7-18(28)8-4-15)30(25(20)32)12-13-9-16(26(33)34)11-19(10-13)38(35,36)37/h1-11H,12H2,(H,29,31)(H,33,34)(H,35,36,37). The van der Waals surface area contributed by atoms with Gasteiger partial charge in [-0.1, -0.05) is 47.5 Å². The molecule has 5 rings (SSSR count). The van der Waals surface area contributed by atoms with E-state index in [0.717, 1.165) is 12.1 Å². The van der Waals surface area contributed by atoms with E-state index in [1.807, 2.05) is 0 Å². The average molecular weight is 571 g/mol. The maximum Gasteiger partial charge on any atom is 0.335 e. The van der Waals surface area contributed by atoms with E-state index < -0.39 is 38.4 Å². The molecule has 3 N–H and O–H groups in total. The van der Waals surface area contributed by atoms with Crippen LogP contribution in [-0.4, -0.2) is 40.8 Å². The number of hydrogen-bond acceptors (Lipinski definition) is 5. The number of hydrogen-bond donors (Lipinski definition) is 3. The molecule has 2 amide bonds. The Bertz CT molecular complexity index is 1710. The second-order valence-electron chi connectivity index (χ2n) is 8.48. The smallest absolute Gasteiger partial charge is 0.335 e. The van der Waals surface area contributed by atoms with E-state index in [1.165, 1.54) is 11.0 Å². The van der Waals surface area contributed by atoms with E-state index in [1.54, 1.807) is 48.5 Å². The predicted octanol–water partition coefficient (Wildman–Crippen LogP) is 4.23. The van der Waals surface area contributed by atoms with Gasteiger partial charge in [-0.05, 0) is 59.2 Å². The molecule has 3 aromatic carbocycles. The normalized spacial score (nSPS) is 15.3. The number of carbonyl (C=O) groups is 3. The lowest BCUT2D eigenvalue weighted by atomic mass is 10.0. The largest absolute Gasteiger partial charge is 0.478 e. The predicted molar refractivity (Wildman–Crippen MR) is 139 cm³/mol. The van der Waals surface area contributed by atoms with Gasteiger partial charge in [-0.2, -0.15) is 8.42 Å². The van der Waals surface area contributed by atoms with Gasteiger partial charge in [0.2, 0.25) is 0 Å². The molecule has 0 spiro atoms. The molecule has 2 aliphatic heterocycles. The van der Waals surface area contributed by atoms with Crippen molar-refractivity contribution in [1.82, 2.24) is 10.2 Å². The molecule has 2 heterocycles. The fourth-order valence-electron chi connectivity index (χ4n) is 4.39. The van der Waals surface area contributed by atoms with Crippen LogP contribution >= 0.6 is 23.2 Å². The molecule has 0 saturated carbocycles. The highest BCUT2D eigenvalue weighted by Gasteiger charge is 2.45. The number of amides is 2. The molecule has 0 unspecified atom stereocenters. The maximum absolute atomic E-state index is 13.8. The Kier molecular flexibility index (Phi) is 6.36. The molecule has 0 aliphatic carbocycles. The molecule has 192 valence electrons. The van der Waals surface area contributed by atoms with Crippen molar-refractivity contribution in [3.8, 4) is 0 Å². The van der Waals surface area contributed by atoms with Crippen molar-refractivity contribution in [2.75, 3.05) is 0 Å². The Morgan fingerprint density at radius 2 is 1.45 bits per heavy atom. The van der Waals surface area contributed by atoms with Crippen molar-refractivity contribution in [1.29, 1.82) is 0 Å². The molecule has 0 aromatic heterocycles. The van der Waals surface area contributed by atoms with Crippen LogP contribution in [0.4, 0.5) is 0 Å². The summed E-state index contributed by atoms with van der Waals surface area (Å²) in [5.74, 6) is -2.52. The minimum Gasteiger partial charge on any atom is -0.478 e. The average Bonchev–Trinajstić information content (AvgIpc) is 3.34. The van der Waals surface area contributed by atoms with Crippen LogP contribution in [0.2, 0.25) is 10.0 Å². The molecule has 0 fully saturated rings. The van der Waals surface area contributed by atoms with Gasteiger partial charge in [0.15, 0.2) is 0 Å². The summed E-state index contributed by atoms with van der Waals surface area (Å²) in [5.41, 5.74) is 1.44. The Morgan fingerprint density at radius 1 is 0.868 bits per heavy atom. The zero-order chi connectivity index (χ0) is 27.4. The number of carboxylic acids is 1. The zero-order valence-electron chi connectivity index (χ0n) is 19.1. The number of nitrogens with one attached hydrogen (secondary N) is 1. The molecular weight excluding hydrogens is 555 g/mol. The highest BCUT2D eigenvalue weighted by atomic mass is 35.5. The zero-order valence-corrected chi connectivity index (χ0v) is 21.4. The SMILES string of the molecule is O=C1NC(c2ccc(Cl)cc2)=C2C(=O)N(Cc3cc(C(=O)O)cc(S(=O)(=O)O)c3)C(c3ccc(Cl)cc3)=C12. The number of aromatic carboxylic acids is 1. The highest BCUT2D eigenvalue weighted by molar-refractivity contribution is 7.85. The molecule has 12 heteroatoms. The first kappa shape index (κ1) is 25.7. The molecule has 0 bridgehead atoms. The first-order valence-corrected chi connectivity index (χ1v) is 13.1. The molecule has 0 radical (unpaired) electrons. The van der Waals surface area contributed by atoms with E-state index in [-0.39, 0.29) is 34.6 Å². The fourth-order valence-corrected chi connectivity index (χ4v) is 5.22. The number of fused-ring (bicyclic) bond motifs is 1. The number of benzene rings is 3. The van der Waals surface area contributed by atoms with Gasteiger partial charge in [0, 0.05) is 10.0 Å². The van der Waals surface area contributed by atoms with Crippen LogP contribution in [0.3, 0.4) is 0 Å². The highest BCUT2D eigenvalue weighted by Crippen LogP contribution is 2.43. The third-order valence-corrected chi connectivity index (χ3v) is 7.37. The van der Waals surface area contributed by atoms with Crippen LogP contribution in [0.25, 0.3) is 11.4 Å². The number of carbonyl (C=O) groups excluding carboxylic acids is 2. The molecular formula is C26H16Cl2N2O7S. The number of nitrogens with zero attached hydrogens (tertiary/aromatic N) is 1. The topological polar surface area (TPSA) is 141 Å². The second-order valence-corrected chi connectivity index (χ2v) is 10.8. The second kappa shape index (κ2) is 9.41. The van der Waals surface area contributed by atoms with Gasteiger partial charge in [0.05, 0.1) is 39.5 Å². The van der Waals surface area contributed by atoms with Crippen molar-refractivity contribution >= 4 is 62.5 Å². The Balaban J connectivity index is 1.70. The minimum atomic E-state index is -4.75. The van der Waals surface area contributed by atoms with Crippen LogP contribution in [0.15, 0.2) is 82.8 Å². The van der Waals surface area contributed by atoms with E-state index in [2.05, 4.69) is 5.32 Å². The summed E-state index contributed by atoms with van der Waals surface area (Å²) in [6, 6.07) is 16.0. The maximum atomic E-state index is 13.8. The van der Waals surface area contributed by atoms with Gasteiger partial charge in [0.25, 0.3) is 21.9 Å². The molecule has 0 saturated heterocycles. The van der Waals surface area contributed by atoms with E-state index in [4.69, 9.17) is 23.2 Å². The summed E-state index contributed by atoms with van der Waals surface area (Å²) >= 11 is 12.0. The Labute approximate surface area is 226 Å². The number of rotatable bonds is 6. The third kappa shape index (κ3) is 4.59. The van der Waals surface area contributed by atoms with Crippen LogP contribution in [-0.2, 0) is 26.3 Å². The molecule has 0 atom stereocenters. The number of halogens is 2. The van der Waals surface area contributed by atoms with E-state index in [0.29, 0.717) is 21.2 Å². The van der Waals surface area contributed by atoms with Gasteiger partial charge < -0.3 is 15.3 Å². The quantitative estimate of drug-likeness (QED) is 0.376. The van der Waals surface area contributed by atoms with Crippen LogP contribution in [0.1, 0.15) is 27.0 Å². The van der Waals surface area contributed by atoms with E-state index >= 15 is 0 Å². The van der Waals surface area contributed by atoms with Gasteiger partial charge >= 0.3 is 5.97 Å². The van der Waals surface area contributed by atoms with Gasteiger partial charge in [-0.25, -0.2) is 4.79 Å². The summed E-state index contributed by atoms with van der Waals surface area (Å²) in [6.07, 6.45) is 0. The molecule has 3 aromatic rings. The van der Waals surface area contributed by atoms with Gasteiger partial charge in [-0.3, -0.25) is 14.1 Å². The summed E-state index contributed by atoms with van der Waals surface area (Å²) < 4.78 is 33.1. The van der Waals surface area contributed by atoms with Crippen molar-refractivity contribution in [3.63, 3.8) is 0 Å². The summed E-state index contributed by atoms with van der Waals surface area (Å²) in [5, 5.41) is 13.1. The van der Waals surface area contributed by atoms with Crippen molar-refractivity contribution in [2.45, 2.75) is 11.4 Å². The lowest BCUT2D eigenvalue weighted by Gasteiger charge is -2.22. The summed E-state index contributed by atoms with van der Waals surface area (Å²) in [7, 11) is -4.75. The van der Waals surface area contributed by atoms with Crippen molar-refractivity contribution in [3.05, 3.63) is 110 Å². The van der Waals surface area contributed by atoms with Crippen LogP contribution < -0.4 is 5.32 Å². The third-order valence-electron chi connectivity index (χ3n) is 6.03. The number of carboxylic acid groups (broad SMARTS) is 1. The monoisotopic (exact) mass is 570 g/mol. The minimum absolute atomic E-state index is 0.103. The van der Waals surface area contributed by atoms with Crippen molar-refractivity contribution < 1.29 is 32.5 Å². The lowest BCUT2D eigenvalue weighted by molar-refractivity contribution is -0.123. The van der Waals surface area contributed by atoms with Crippen molar-refractivity contribution in [2.24, 2.45) is 0 Å². The Morgan fingerprint density at radius 3 is 2.00 bits per heavy atom. The lowest BCUT2D eigenvalue weighted by Crippen LogP contribution is -2.27. The molecule has 38 heavy (non-hydrogen) atoms. The first-order chi connectivity index (χ1) is 17.9. The van der Waals surface area contributed by atoms with Crippen LogP contribution in [0.5, 0.6) is 0 Å². The van der Waals surface area contributed by atoms with Gasteiger partial charge in [0.1, 0.15) is 0 Å². The molecule has 9 nitrogen and oxygen atoms in total. The molecule has 2 aliphatic rings. The fraction of sp³-hybridized carbons (Fsp3) is 0.0385. The van der Waals surface area contributed by atoms with E-state index in [9.17, 15) is 32.5 Å². The summed E-state index contributed by atoms with van der Waals surface area (Å²) in [4.78, 5) is 39.3. The van der Waals surface area contributed by atoms with Crippen LogP contribution in [0, 0.1) is 0 Å². The summed E-state index contributed by atoms with van der Waals surface area (Å²) in [6.45, 7) is -0.297. The van der Waals surface area contributed by atoms with Gasteiger partial charge in [-0.15, -0.1) is 0 Å². The first-order valence-electron chi connectivity index (χ1n) is 10.9.